The van der Waals surface area contributed by atoms with Gasteiger partial charge in [-0.15, -0.1) is 0 Å². The molecule has 0 bridgehead atoms. The number of carbonyl (C=O) groups excluding carboxylic acids is 2. The number of hydrogen-bond donors (Lipinski definition) is 1. The number of benzene rings is 2. The normalized spacial score (nSPS) is 13.5. The number of nitrogens with zero attached hydrogens (tertiary/aromatic N) is 1. The molecule has 1 fully saturated rings. The summed E-state index contributed by atoms with van der Waals surface area (Å²) in [5, 5.41) is 3.96. The molecule has 0 saturated heterocycles. The van der Waals surface area contributed by atoms with Crippen LogP contribution >= 0.6 is 0 Å². The van der Waals surface area contributed by atoms with Gasteiger partial charge in [0.25, 0.3) is 0 Å². The molecule has 5 nitrogen and oxygen atoms in total. The summed E-state index contributed by atoms with van der Waals surface area (Å²) < 4.78 is 5.84. The SMILES string of the molecule is CCN(Cc1cc2ccccc2o1)C(=O)Cc1ccc(NC(=O)C2CC2)cc1. The van der Waals surface area contributed by atoms with E-state index in [9.17, 15) is 9.59 Å². The quantitative estimate of drug-likeness (QED) is 0.666. The molecule has 0 radical (unpaired) electrons. The lowest BCUT2D eigenvalue weighted by atomic mass is 10.1. The lowest BCUT2D eigenvalue weighted by Gasteiger charge is -2.19. The predicted molar refractivity (Wildman–Crippen MR) is 109 cm³/mol. The van der Waals surface area contributed by atoms with Crippen LogP contribution in [-0.4, -0.2) is 23.3 Å². The van der Waals surface area contributed by atoms with Gasteiger partial charge in [0, 0.05) is 23.5 Å². The maximum Gasteiger partial charge on any atom is 0.227 e. The van der Waals surface area contributed by atoms with Crippen LogP contribution in [0.15, 0.2) is 59.0 Å². The van der Waals surface area contributed by atoms with Gasteiger partial charge in [0.1, 0.15) is 11.3 Å². The Morgan fingerprint density at radius 1 is 1.11 bits per heavy atom. The summed E-state index contributed by atoms with van der Waals surface area (Å²) in [6.07, 6.45) is 2.29. The summed E-state index contributed by atoms with van der Waals surface area (Å²) in [4.78, 5) is 26.4. The number of likely N-dealkylation sites (N-methyl/N-ethyl adjacent to an activating group) is 1. The molecule has 4 rings (SSSR count). The van der Waals surface area contributed by atoms with E-state index in [0.29, 0.717) is 19.5 Å². The summed E-state index contributed by atoms with van der Waals surface area (Å²) in [5.41, 5.74) is 2.55. The van der Waals surface area contributed by atoms with E-state index in [2.05, 4.69) is 5.32 Å². The standard InChI is InChI=1S/C23H24N2O3/c1-2-25(15-20-14-18-5-3-4-6-21(18)28-20)22(26)13-16-7-11-19(12-8-16)24-23(27)17-9-10-17/h3-8,11-12,14,17H,2,9-10,13,15H2,1H3,(H,24,27). The minimum atomic E-state index is 0.0534. The fourth-order valence-electron chi connectivity index (χ4n) is 3.26. The van der Waals surface area contributed by atoms with E-state index in [4.69, 9.17) is 4.42 Å². The average Bonchev–Trinajstić information content (AvgIpc) is 3.47. The van der Waals surface area contributed by atoms with Crippen molar-refractivity contribution in [1.82, 2.24) is 4.90 Å². The van der Waals surface area contributed by atoms with Crippen molar-refractivity contribution in [2.45, 2.75) is 32.7 Å². The lowest BCUT2D eigenvalue weighted by Crippen LogP contribution is -2.31. The van der Waals surface area contributed by atoms with Crippen LogP contribution in [0, 0.1) is 5.92 Å². The molecule has 144 valence electrons. The van der Waals surface area contributed by atoms with Crippen molar-refractivity contribution in [3.05, 3.63) is 65.9 Å². The molecule has 0 aliphatic heterocycles. The molecule has 3 aromatic rings. The second-order valence-corrected chi connectivity index (χ2v) is 7.30. The molecule has 0 unspecified atom stereocenters. The number of nitrogens with one attached hydrogen (secondary N) is 1. The molecular weight excluding hydrogens is 352 g/mol. The fraction of sp³-hybridized carbons (Fsp3) is 0.304. The summed E-state index contributed by atoms with van der Waals surface area (Å²) in [5.74, 6) is 1.11. The molecule has 1 heterocycles. The van der Waals surface area contributed by atoms with E-state index >= 15 is 0 Å². The number of amides is 2. The summed E-state index contributed by atoms with van der Waals surface area (Å²) in [6.45, 7) is 3.04. The highest BCUT2D eigenvalue weighted by Crippen LogP contribution is 2.30. The van der Waals surface area contributed by atoms with Gasteiger partial charge in [-0.3, -0.25) is 9.59 Å². The summed E-state index contributed by atoms with van der Waals surface area (Å²) in [7, 11) is 0. The zero-order valence-electron chi connectivity index (χ0n) is 16.0. The predicted octanol–water partition coefficient (Wildman–Crippen LogP) is 4.37. The van der Waals surface area contributed by atoms with Gasteiger partial charge in [0.05, 0.1) is 13.0 Å². The Hall–Kier alpha value is -3.08. The van der Waals surface area contributed by atoms with E-state index in [1.165, 1.54) is 0 Å². The van der Waals surface area contributed by atoms with Crippen LogP contribution in [0.1, 0.15) is 31.1 Å². The molecule has 28 heavy (non-hydrogen) atoms. The van der Waals surface area contributed by atoms with Gasteiger partial charge in [0.2, 0.25) is 11.8 Å². The highest BCUT2D eigenvalue weighted by atomic mass is 16.3. The molecule has 5 heteroatoms. The molecule has 1 aromatic heterocycles. The molecule has 1 N–H and O–H groups in total. The van der Waals surface area contributed by atoms with E-state index in [1.807, 2.05) is 61.5 Å². The second-order valence-electron chi connectivity index (χ2n) is 7.30. The molecule has 0 atom stereocenters. The Labute approximate surface area is 164 Å². The Morgan fingerprint density at radius 3 is 2.54 bits per heavy atom. The number of para-hydroxylation sites is 1. The Morgan fingerprint density at radius 2 is 1.86 bits per heavy atom. The zero-order valence-corrected chi connectivity index (χ0v) is 16.0. The van der Waals surface area contributed by atoms with E-state index in [-0.39, 0.29) is 17.7 Å². The fourth-order valence-corrected chi connectivity index (χ4v) is 3.26. The molecule has 0 spiro atoms. The van der Waals surface area contributed by atoms with Crippen molar-refractivity contribution >= 4 is 28.5 Å². The number of furan rings is 1. The third kappa shape index (κ3) is 4.25. The average molecular weight is 376 g/mol. The van der Waals surface area contributed by atoms with Crippen LogP contribution < -0.4 is 5.32 Å². The Kier molecular flexibility index (Phi) is 5.15. The van der Waals surface area contributed by atoms with Crippen LogP contribution in [0.4, 0.5) is 5.69 Å². The minimum absolute atomic E-state index is 0.0534. The monoisotopic (exact) mass is 376 g/mol. The third-order valence-corrected chi connectivity index (χ3v) is 5.08. The van der Waals surface area contributed by atoms with Gasteiger partial charge < -0.3 is 14.6 Å². The number of rotatable bonds is 7. The van der Waals surface area contributed by atoms with Gasteiger partial charge in [-0.05, 0) is 49.6 Å². The van der Waals surface area contributed by atoms with Crippen molar-refractivity contribution < 1.29 is 14.0 Å². The van der Waals surface area contributed by atoms with E-state index in [0.717, 1.165) is 40.8 Å². The molecule has 2 aromatic carbocycles. The number of hydrogen-bond acceptors (Lipinski definition) is 3. The van der Waals surface area contributed by atoms with Crippen LogP contribution in [0.5, 0.6) is 0 Å². The van der Waals surface area contributed by atoms with Crippen LogP contribution in [0.2, 0.25) is 0 Å². The minimum Gasteiger partial charge on any atom is -0.459 e. The molecular formula is C23H24N2O3. The summed E-state index contributed by atoms with van der Waals surface area (Å²) >= 11 is 0. The van der Waals surface area contributed by atoms with Crippen molar-refractivity contribution in [3.8, 4) is 0 Å². The van der Waals surface area contributed by atoms with Crippen molar-refractivity contribution in [1.29, 1.82) is 0 Å². The maximum absolute atomic E-state index is 12.7. The Balaban J connectivity index is 1.37. The largest absolute Gasteiger partial charge is 0.459 e. The molecule has 1 aliphatic carbocycles. The van der Waals surface area contributed by atoms with Gasteiger partial charge in [-0.1, -0.05) is 30.3 Å². The van der Waals surface area contributed by atoms with Gasteiger partial charge in [0.15, 0.2) is 0 Å². The lowest BCUT2D eigenvalue weighted by molar-refractivity contribution is -0.131. The van der Waals surface area contributed by atoms with Crippen molar-refractivity contribution in [2.24, 2.45) is 5.92 Å². The first-order chi connectivity index (χ1) is 13.6. The van der Waals surface area contributed by atoms with Crippen LogP contribution in [0.25, 0.3) is 11.0 Å². The Bertz CT molecular complexity index is 954. The van der Waals surface area contributed by atoms with Gasteiger partial charge >= 0.3 is 0 Å². The maximum atomic E-state index is 12.7. The van der Waals surface area contributed by atoms with Crippen molar-refractivity contribution in [2.75, 3.05) is 11.9 Å². The topological polar surface area (TPSA) is 62.6 Å². The van der Waals surface area contributed by atoms with Crippen LogP contribution in [0.3, 0.4) is 0 Å². The van der Waals surface area contributed by atoms with Gasteiger partial charge in [-0.2, -0.15) is 0 Å². The highest BCUT2D eigenvalue weighted by molar-refractivity contribution is 5.94. The zero-order chi connectivity index (χ0) is 19.5. The number of anilines is 1. The molecule has 2 amide bonds. The summed E-state index contributed by atoms with van der Waals surface area (Å²) in [6, 6.07) is 17.4. The first kappa shape index (κ1) is 18.3. The van der Waals surface area contributed by atoms with Crippen molar-refractivity contribution in [3.63, 3.8) is 0 Å². The first-order valence-corrected chi connectivity index (χ1v) is 9.77. The second kappa shape index (κ2) is 7.89. The van der Waals surface area contributed by atoms with E-state index < -0.39 is 0 Å². The third-order valence-electron chi connectivity index (χ3n) is 5.08. The van der Waals surface area contributed by atoms with Gasteiger partial charge in [-0.25, -0.2) is 0 Å². The van der Waals surface area contributed by atoms with E-state index in [1.54, 1.807) is 4.90 Å². The van der Waals surface area contributed by atoms with Crippen LogP contribution in [-0.2, 0) is 22.6 Å². The first-order valence-electron chi connectivity index (χ1n) is 9.77. The molecule has 1 aliphatic rings. The highest BCUT2D eigenvalue weighted by Gasteiger charge is 2.29. The molecule has 1 saturated carbocycles. The number of carbonyl (C=O) groups is 2. The smallest absolute Gasteiger partial charge is 0.227 e. The number of fused-ring (bicyclic) bond motifs is 1.